The van der Waals surface area contributed by atoms with Gasteiger partial charge in [0.2, 0.25) is 11.8 Å². The number of hydrogen-bond acceptors (Lipinski definition) is 6. The van der Waals surface area contributed by atoms with Gasteiger partial charge in [-0.1, -0.05) is 36.4 Å². The van der Waals surface area contributed by atoms with Gasteiger partial charge in [-0.2, -0.15) is 0 Å². The highest BCUT2D eigenvalue weighted by Crippen LogP contribution is 2.27. The van der Waals surface area contributed by atoms with Gasteiger partial charge in [0.1, 0.15) is 23.8 Å². The highest BCUT2D eigenvalue weighted by molar-refractivity contribution is 6.03. The Bertz CT molecular complexity index is 1200. The van der Waals surface area contributed by atoms with E-state index in [2.05, 4.69) is 49.4 Å². The van der Waals surface area contributed by atoms with Crippen LogP contribution < -0.4 is 15.1 Å². The van der Waals surface area contributed by atoms with Crippen molar-refractivity contribution in [3.05, 3.63) is 78.4 Å². The summed E-state index contributed by atoms with van der Waals surface area (Å²) in [5.41, 5.74) is 1.76. The molecule has 2 aromatic carbocycles. The third kappa shape index (κ3) is 5.46. The number of carbonyl (C=O) groups excluding carboxylic acids is 2. The monoisotopic (exact) mass is 474 g/mol. The molecule has 2 aliphatic heterocycles. The lowest BCUT2D eigenvalue weighted by Gasteiger charge is -2.35. The molecule has 9 heteroatoms. The molecule has 8 nitrogen and oxygen atoms in total. The lowest BCUT2D eigenvalue weighted by atomic mass is 10.1. The fourth-order valence-corrected chi connectivity index (χ4v) is 4.57. The molecule has 3 aromatic rings. The lowest BCUT2D eigenvalue weighted by molar-refractivity contribution is -0.122. The van der Waals surface area contributed by atoms with Crippen molar-refractivity contribution in [3.63, 3.8) is 0 Å². The second-order valence-corrected chi connectivity index (χ2v) is 8.88. The molecule has 0 spiro atoms. The van der Waals surface area contributed by atoms with Crippen LogP contribution in [0.3, 0.4) is 0 Å². The van der Waals surface area contributed by atoms with Crippen LogP contribution in [0.15, 0.2) is 67.0 Å². The van der Waals surface area contributed by atoms with Gasteiger partial charge in [0.15, 0.2) is 0 Å². The molecule has 1 aromatic heterocycles. The van der Waals surface area contributed by atoms with Crippen molar-refractivity contribution in [3.8, 4) is 0 Å². The Labute approximate surface area is 203 Å². The van der Waals surface area contributed by atoms with Crippen LogP contribution in [-0.2, 0) is 16.1 Å². The molecule has 0 bridgehead atoms. The van der Waals surface area contributed by atoms with E-state index >= 15 is 0 Å². The molecule has 2 aliphatic rings. The number of benzene rings is 2. The van der Waals surface area contributed by atoms with E-state index in [1.54, 1.807) is 18.2 Å². The molecular weight excluding hydrogens is 447 g/mol. The molecule has 2 saturated heterocycles. The molecule has 0 saturated carbocycles. The van der Waals surface area contributed by atoms with Gasteiger partial charge < -0.3 is 15.1 Å². The van der Waals surface area contributed by atoms with Crippen molar-refractivity contribution in [1.29, 1.82) is 0 Å². The molecular formula is C26H27FN6O2. The lowest BCUT2D eigenvalue weighted by Crippen LogP contribution is -2.46. The molecule has 1 unspecified atom stereocenters. The van der Waals surface area contributed by atoms with E-state index in [1.807, 2.05) is 6.07 Å². The first-order valence-electron chi connectivity index (χ1n) is 11.8. The van der Waals surface area contributed by atoms with E-state index in [0.717, 1.165) is 38.5 Å². The average Bonchev–Trinajstić information content (AvgIpc) is 3.27. The maximum absolute atomic E-state index is 13.6. The number of amides is 2. The van der Waals surface area contributed by atoms with Gasteiger partial charge in [0.25, 0.3) is 0 Å². The van der Waals surface area contributed by atoms with Crippen LogP contribution in [-0.4, -0.2) is 59.4 Å². The van der Waals surface area contributed by atoms with Gasteiger partial charge in [0.05, 0.1) is 5.92 Å². The van der Waals surface area contributed by atoms with Gasteiger partial charge in [-0.25, -0.2) is 14.4 Å². The number of aromatic nitrogens is 2. The van der Waals surface area contributed by atoms with Crippen LogP contribution in [0.2, 0.25) is 0 Å². The molecule has 0 aliphatic carbocycles. The van der Waals surface area contributed by atoms with E-state index in [9.17, 15) is 14.0 Å². The number of anilines is 3. The highest BCUT2D eigenvalue weighted by Gasteiger charge is 2.35. The fourth-order valence-electron chi connectivity index (χ4n) is 4.57. The normalized spacial score (nSPS) is 18.7. The van der Waals surface area contributed by atoms with E-state index in [0.29, 0.717) is 11.5 Å². The Morgan fingerprint density at radius 1 is 1.00 bits per heavy atom. The number of piperazine rings is 1. The molecule has 1 N–H and O–H groups in total. The van der Waals surface area contributed by atoms with E-state index in [1.165, 1.54) is 28.9 Å². The van der Waals surface area contributed by atoms with Crippen LogP contribution in [0.5, 0.6) is 0 Å². The third-order valence-corrected chi connectivity index (χ3v) is 6.46. The van der Waals surface area contributed by atoms with Gasteiger partial charge in [-0.15, -0.1) is 0 Å². The molecule has 35 heavy (non-hydrogen) atoms. The van der Waals surface area contributed by atoms with Crippen molar-refractivity contribution in [2.45, 2.75) is 13.0 Å². The van der Waals surface area contributed by atoms with Crippen LogP contribution in [0.4, 0.5) is 21.7 Å². The number of nitrogens with one attached hydrogen (secondary N) is 1. The van der Waals surface area contributed by atoms with Crippen LogP contribution >= 0.6 is 0 Å². The minimum absolute atomic E-state index is 0.0731. The Hall–Kier alpha value is -3.85. The van der Waals surface area contributed by atoms with Gasteiger partial charge in [-0.3, -0.25) is 14.5 Å². The summed E-state index contributed by atoms with van der Waals surface area (Å²) in [6.07, 6.45) is 1.52. The smallest absolute Gasteiger partial charge is 0.230 e. The van der Waals surface area contributed by atoms with Gasteiger partial charge >= 0.3 is 0 Å². The predicted molar refractivity (Wildman–Crippen MR) is 131 cm³/mol. The Morgan fingerprint density at radius 3 is 2.57 bits per heavy atom. The van der Waals surface area contributed by atoms with E-state index < -0.39 is 11.7 Å². The van der Waals surface area contributed by atoms with Gasteiger partial charge in [-0.05, 0) is 23.8 Å². The maximum Gasteiger partial charge on any atom is 0.230 e. The molecule has 2 fully saturated rings. The van der Waals surface area contributed by atoms with Crippen molar-refractivity contribution in [2.75, 3.05) is 47.8 Å². The Kier molecular flexibility index (Phi) is 6.67. The summed E-state index contributed by atoms with van der Waals surface area (Å²) in [5, 5.41) is 2.83. The third-order valence-electron chi connectivity index (χ3n) is 6.46. The standard InChI is InChI=1S/C26H27FN6O2/c27-21-7-4-8-22(14-21)33-17-20(13-25(33)34)26(35)30-23-15-24(29-18-28-23)32-11-9-31(10-12-32)16-19-5-2-1-3-6-19/h1-8,14-15,18,20H,9-13,16-17H2,(H,28,29,30,35). The van der Waals surface area contributed by atoms with Crippen LogP contribution in [0.1, 0.15) is 12.0 Å². The molecule has 1 atom stereocenters. The summed E-state index contributed by atoms with van der Waals surface area (Å²) < 4.78 is 13.6. The Morgan fingerprint density at radius 2 is 1.80 bits per heavy atom. The number of carbonyl (C=O) groups is 2. The molecule has 180 valence electrons. The van der Waals surface area contributed by atoms with E-state index in [-0.39, 0.29) is 24.8 Å². The first kappa shape index (κ1) is 22.9. The second kappa shape index (κ2) is 10.2. The van der Waals surface area contributed by atoms with Crippen LogP contribution in [0, 0.1) is 11.7 Å². The zero-order valence-corrected chi connectivity index (χ0v) is 19.3. The molecule has 5 rings (SSSR count). The summed E-state index contributed by atoms with van der Waals surface area (Å²) >= 11 is 0. The maximum atomic E-state index is 13.6. The average molecular weight is 475 g/mol. The second-order valence-electron chi connectivity index (χ2n) is 8.88. The first-order valence-corrected chi connectivity index (χ1v) is 11.8. The fraction of sp³-hybridized carbons (Fsp3) is 0.308. The zero-order chi connectivity index (χ0) is 24.2. The van der Waals surface area contributed by atoms with Gasteiger partial charge in [0, 0.05) is 57.4 Å². The minimum atomic E-state index is -0.536. The first-order chi connectivity index (χ1) is 17.0. The SMILES string of the molecule is O=C(Nc1cc(N2CCN(Cc3ccccc3)CC2)ncn1)C1CC(=O)N(c2cccc(F)c2)C1. The summed E-state index contributed by atoms with van der Waals surface area (Å²) in [6.45, 7) is 4.62. The Balaban J connectivity index is 1.17. The molecule has 0 radical (unpaired) electrons. The van der Waals surface area contributed by atoms with Crippen molar-refractivity contribution in [2.24, 2.45) is 5.92 Å². The van der Waals surface area contributed by atoms with Crippen molar-refractivity contribution >= 4 is 29.1 Å². The topological polar surface area (TPSA) is 81.7 Å². The van der Waals surface area contributed by atoms with Crippen LogP contribution in [0.25, 0.3) is 0 Å². The summed E-state index contributed by atoms with van der Waals surface area (Å²) in [7, 11) is 0. The van der Waals surface area contributed by atoms with E-state index in [4.69, 9.17) is 0 Å². The predicted octanol–water partition coefficient (Wildman–Crippen LogP) is 2.93. The summed E-state index contributed by atoms with van der Waals surface area (Å²) in [4.78, 5) is 39.9. The number of hydrogen-bond donors (Lipinski definition) is 1. The van der Waals surface area contributed by atoms with Crippen molar-refractivity contribution in [1.82, 2.24) is 14.9 Å². The van der Waals surface area contributed by atoms with Crippen molar-refractivity contribution < 1.29 is 14.0 Å². The number of rotatable bonds is 6. The number of halogens is 1. The quantitative estimate of drug-likeness (QED) is 0.592. The summed E-state index contributed by atoms with van der Waals surface area (Å²) in [6, 6.07) is 18.0. The minimum Gasteiger partial charge on any atom is -0.354 e. The number of nitrogens with zero attached hydrogens (tertiary/aromatic N) is 5. The molecule has 3 heterocycles. The zero-order valence-electron chi connectivity index (χ0n) is 19.3. The summed E-state index contributed by atoms with van der Waals surface area (Å²) in [5.74, 6) is -0.271. The largest absolute Gasteiger partial charge is 0.354 e. The highest BCUT2D eigenvalue weighted by atomic mass is 19.1. The molecule has 2 amide bonds.